The molecule has 12 nitrogen and oxygen atoms in total. The van der Waals surface area contributed by atoms with E-state index in [4.69, 9.17) is 5.73 Å². The van der Waals surface area contributed by atoms with E-state index in [0.29, 0.717) is 32.2 Å². The Kier molecular flexibility index (Phi) is 9.88. The number of unbranched alkanes of at least 4 members (excludes halogenated alkanes) is 2. The van der Waals surface area contributed by atoms with E-state index in [1.54, 1.807) is 11.8 Å². The van der Waals surface area contributed by atoms with Gasteiger partial charge in [-0.05, 0) is 38.6 Å². The van der Waals surface area contributed by atoms with Crippen molar-refractivity contribution in [3.05, 3.63) is 12.2 Å². The molecule has 0 radical (unpaired) electrons. The van der Waals surface area contributed by atoms with Crippen LogP contribution < -0.4 is 16.4 Å². The number of thioether (sulfide) groups is 1. The molecule has 2 saturated heterocycles. The number of fused-ring (bicyclic) bond motifs is 1. The van der Waals surface area contributed by atoms with Crippen LogP contribution in [0.2, 0.25) is 0 Å². The first-order chi connectivity index (χ1) is 17.2. The molecule has 4 atom stereocenters. The molecule has 0 unspecified atom stereocenters. The van der Waals surface area contributed by atoms with Gasteiger partial charge in [0.05, 0.1) is 12.1 Å². The number of carbonyl (C=O) groups is 6. The van der Waals surface area contributed by atoms with Gasteiger partial charge in [0, 0.05) is 42.5 Å². The van der Waals surface area contributed by atoms with E-state index in [-0.39, 0.29) is 49.2 Å². The summed E-state index contributed by atoms with van der Waals surface area (Å²) in [5.74, 6) is -2.89. The number of carboxylic acids is 1. The molecule has 0 aromatic heterocycles. The Balaban J connectivity index is 1.57. The van der Waals surface area contributed by atoms with E-state index < -0.39 is 35.6 Å². The van der Waals surface area contributed by atoms with Crippen LogP contribution in [0.15, 0.2) is 12.2 Å². The molecule has 36 heavy (non-hydrogen) atoms. The van der Waals surface area contributed by atoms with Crippen LogP contribution in [-0.2, 0) is 24.0 Å². The van der Waals surface area contributed by atoms with Gasteiger partial charge in [-0.15, -0.1) is 0 Å². The van der Waals surface area contributed by atoms with Crippen molar-refractivity contribution in [2.75, 3.05) is 18.8 Å². The number of aliphatic carboxylic acids is 1. The van der Waals surface area contributed by atoms with Gasteiger partial charge in [0.2, 0.25) is 11.8 Å². The largest absolute Gasteiger partial charge is 0.480 e. The maximum atomic E-state index is 13.1. The zero-order chi connectivity index (χ0) is 26.2. The van der Waals surface area contributed by atoms with Crippen molar-refractivity contribution in [3.8, 4) is 0 Å². The average Bonchev–Trinajstić information content (AvgIpc) is 3.48. The van der Waals surface area contributed by atoms with E-state index in [9.17, 15) is 33.9 Å². The Labute approximate surface area is 213 Å². The monoisotopic (exact) mass is 523 g/mol. The van der Waals surface area contributed by atoms with E-state index in [1.807, 2.05) is 0 Å². The summed E-state index contributed by atoms with van der Waals surface area (Å²) in [7, 11) is 0. The summed E-state index contributed by atoms with van der Waals surface area (Å²) in [6.45, 7) is 0.126. The summed E-state index contributed by atoms with van der Waals surface area (Å²) in [5.41, 5.74) is 5.50. The zero-order valence-electron chi connectivity index (χ0n) is 20.0. The fraction of sp³-hybridized carbons (Fsp3) is 0.652. The molecule has 0 aliphatic carbocycles. The molecule has 0 bridgehead atoms. The Morgan fingerprint density at radius 2 is 1.75 bits per heavy atom. The summed E-state index contributed by atoms with van der Waals surface area (Å²) in [6.07, 6.45) is 4.81. The van der Waals surface area contributed by atoms with Crippen molar-refractivity contribution < 1.29 is 33.9 Å². The lowest BCUT2D eigenvalue weighted by Gasteiger charge is -2.28. The number of amides is 6. The van der Waals surface area contributed by atoms with Crippen LogP contribution in [-0.4, -0.2) is 92.8 Å². The van der Waals surface area contributed by atoms with Crippen LogP contribution in [0.1, 0.15) is 51.4 Å². The number of hydrogen-bond donors (Lipinski definition) is 4. The van der Waals surface area contributed by atoms with Crippen molar-refractivity contribution >= 4 is 47.4 Å². The molecular formula is C23H33N5O7S. The fourth-order valence-corrected chi connectivity index (χ4v) is 6.24. The lowest BCUT2D eigenvalue weighted by molar-refractivity contribution is -0.158. The molecular weight excluding hydrogens is 490 g/mol. The highest BCUT2D eigenvalue weighted by molar-refractivity contribution is 8.00. The summed E-state index contributed by atoms with van der Waals surface area (Å²) in [5, 5.41) is 15.8. The second kappa shape index (κ2) is 12.9. The van der Waals surface area contributed by atoms with Gasteiger partial charge >= 0.3 is 12.0 Å². The summed E-state index contributed by atoms with van der Waals surface area (Å²) < 4.78 is 0. The molecule has 198 valence electrons. The van der Waals surface area contributed by atoms with Crippen molar-refractivity contribution in [2.24, 2.45) is 5.73 Å². The number of nitrogens with zero attached hydrogens (tertiary/aromatic N) is 2. The normalized spacial score (nSPS) is 23.4. The lowest BCUT2D eigenvalue weighted by atomic mass is 10.0. The molecule has 3 heterocycles. The third-order valence-electron chi connectivity index (χ3n) is 6.58. The number of hydrogen-bond acceptors (Lipinski definition) is 8. The molecule has 5 N–H and O–H groups in total. The van der Waals surface area contributed by atoms with Gasteiger partial charge in [-0.1, -0.05) is 6.42 Å². The SMILES string of the molecule is NCCCC[C@@H](C(=O)O)N(C(=O)CCCC[C@@H]1SC[C@@H]2NC(=O)N[C@@H]21)C(=O)CCN1C(=O)C=CC1=O. The van der Waals surface area contributed by atoms with Crippen molar-refractivity contribution in [1.29, 1.82) is 0 Å². The Hall–Kier alpha value is -2.93. The number of rotatable bonds is 14. The zero-order valence-corrected chi connectivity index (χ0v) is 20.8. The lowest BCUT2D eigenvalue weighted by Crippen LogP contribution is -2.49. The third-order valence-corrected chi connectivity index (χ3v) is 8.09. The Morgan fingerprint density at radius 3 is 2.42 bits per heavy atom. The van der Waals surface area contributed by atoms with E-state index in [1.165, 1.54) is 0 Å². The Morgan fingerprint density at radius 1 is 1.06 bits per heavy atom. The molecule has 3 aliphatic rings. The highest BCUT2D eigenvalue weighted by atomic mass is 32.2. The predicted octanol–water partition coefficient (Wildman–Crippen LogP) is -0.0353. The minimum absolute atomic E-state index is 0.00830. The summed E-state index contributed by atoms with van der Waals surface area (Å²) >= 11 is 1.77. The molecule has 0 aromatic carbocycles. The van der Waals surface area contributed by atoms with Crippen LogP contribution >= 0.6 is 11.8 Å². The molecule has 0 aromatic rings. The number of carbonyl (C=O) groups excluding carboxylic acids is 5. The first-order valence-corrected chi connectivity index (χ1v) is 13.3. The van der Waals surface area contributed by atoms with Gasteiger partial charge in [0.1, 0.15) is 6.04 Å². The highest BCUT2D eigenvalue weighted by Crippen LogP contribution is 2.33. The van der Waals surface area contributed by atoms with E-state index in [0.717, 1.165) is 34.1 Å². The van der Waals surface area contributed by atoms with E-state index >= 15 is 0 Å². The van der Waals surface area contributed by atoms with Crippen LogP contribution in [0.25, 0.3) is 0 Å². The maximum Gasteiger partial charge on any atom is 0.326 e. The van der Waals surface area contributed by atoms with Gasteiger partial charge in [-0.25, -0.2) is 9.59 Å². The number of nitrogens with two attached hydrogens (primary N) is 1. The van der Waals surface area contributed by atoms with Gasteiger partial charge in [0.15, 0.2) is 0 Å². The van der Waals surface area contributed by atoms with Crippen molar-refractivity contribution in [2.45, 2.75) is 74.7 Å². The quantitative estimate of drug-likeness (QED) is 0.138. The average molecular weight is 524 g/mol. The molecule has 13 heteroatoms. The fourth-order valence-electron chi connectivity index (χ4n) is 4.70. The molecule has 3 rings (SSSR count). The second-order valence-electron chi connectivity index (χ2n) is 9.08. The van der Waals surface area contributed by atoms with Gasteiger partial charge in [0.25, 0.3) is 11.8 Å². The maximum absolute atomic E-state index is 13.1. The van der Waals surface area contributed by atoms with E-state index in [2.05, 4.69) is 10.6 Å². The van der Waals surface area contributed by atoms with Crippen LogP contribution in [0.3, 0.4) is 0 Å². The molecule has 0 saturated carbocycles. The first-order valence-electron chi connectivity index (χ1n) is 12.2. The minimum Gasteiger partial charge on any atom is -0.480 e. The Bertz CT molecular complexity index is 909. The highest BCUT2D eigenvalue weighted by Gasteiger charge is 2.42. The smallest absolute Gasteiger partial charge is 0.326 e. The van der Waals surface area contributed by atoms with Crippen LogP contribution in [0.4, 0.5) is 4.79 Å². The molecule has 0 spiro atoms. The van der Waals surface area contributed by atoms with Gasteiger partial charge in [-0.2, -0.15) is 11.8 Å². The number of carboxylic acid groups (broad SMARTS) is 1. The predicted molar refractivity (Wildman–Crippen MR) is 131 cm³/mol. The van der Waals surface area contributed by atoms with Crippen molar-refractivity contribution in [3.63, 3.8) is 0 Å². The topological polar surface area (TPSA) is 179 Å². The molecule has 3 aliphatic heterocycles. The van der Waals surface area contributed by atoms with Gasteiger partial charge in [-0.3, -0.25) is 29.0 Å². The van der Waals surface area contributed by atoms with Gasteiger partial charge < -0.3 is 21.5 Å². The molecule has 6 amide bonds. The van der Waals surface area contributed by atoms with Crippen LogP contribution in [0, 0.1) is 0 Å². The number of imide groups is 2. The summed E-state index contributed by atoms with van der Waals surface area (Å²) in [4.78, 5) is 74.9. The minimum atomic E-state index is -1.34. The number of urea groups is 1. The van der Waals surface area contributed by atoms with Crippen molar-refractivity contribution in [1.82, 2.24) is 20.4 Å². The molecule has 2 fully saturated rings. The number of nitrogens with one attached hydrogen (secondary N) is 2. The third kappa shape index (κ3) is 6.84. The summed E-state index contributed by atoms with van der Waals surface area (Å²) in [6, 6.07) is -1.34. The standard InChI is InChI=1S/C23H33N5O7S/c24-11-4-3-5-15(22(33)34)28(20(32)10-12-27-17(29)8-9-18(27)30)19(31)7-2-1-6-16-21-14(13-36-16)25-23(35)26-21/h8-9,14-16,21H,1-7,10-13,24H2,(H,33,34)(H2,25,26,35)/t14-,15-,16-,21-/m0/s1. The first kappa shape index (κ1) is 27.7. The second-order valence-corrected chi connectivity index (χ2v) is 10.3. The van der Waals surface area contributed by atoms with Crippen LogP contribution in [0.5, 0.6) is 0 Å².